The van der Waals surface area contributed by atoms with E-state index in [2.05, 4.69) is 17.9 Å². The first-order valence-corrected chi connectivity index (χ1v) is 11.2. The summed E-state index contributed by atoms with van der Waals surface area (Å²) in [4.78, 5) is 14.8. The van der Waals surface area contributed by atoms with Crippen molar-refractivity contribution in [2.45, 2.75) is 13.1 Å². The van der Waals surface area contributed by atoms with Gasteiger partial charge in [-0.25, -0.2) is 4.68 Å². The van der Waals surface area contributed by atoms with Crippen molar-refractivity contribution in [3.05, 3.63) is 113 Å². The molecule has 1 aliphatic heterocycles. The van der Waals surface area contributed by atoms with Crippen molar-refractivity contribution >= 4 is 24.2 Å². The molecule has 34 heavy (non-hydrogen) atoms. The number of para-hydroxylation sites is 2. The van der Waals surface area contributed by atoms with Crippen LogP contribution in [-0.2, 0) is 4.79 Å². The van der Waals surface area contributed by atoms with Crippen molar-refractivity contribution in [3.8, 4) is 23.0 Å². The summed E-state index contributed by atoms with van der Waals surface area (Å²) in [6, 6.07) is 29.5. The van der Waals surface area contributed by atoms with Gasteiger partial charge in [0.05, 0.1) is 16.4 Å². The van der Waals surface area contributed by atoms with Crippen molar-refractivity contribution in [2.75, 3.05) is 4.90 Å². The molecule has 1 N–H and O–H groups in total. The molecule has 0 saturated heterocycles. The third kappa shape index (κ3) is 3.74. The maximum Gasteiger partial charge on any atom is 0.266 e. The van der Waals surface area contributed by atoms with Gasteiger partial charge in [0.1, 0.15) is 17.8 Å². The number of aromatic nitrogens is 2. The van der Waals surface area contributed by atoms with Gasteiger partial charge in [-0.05, 0) is 30.7 Å². The van der Waals surface area contributed by atoms with E-state index in [1.807, 2.05) is 114 Å². The van der Waals surface area contributed by atoms with Crippen LogP contribution in [-0.4, -0.2) is 15.7 Å². The van der Waals surface area contributed by atoms with Crippen LogP contribution in [0.4, 0.5) is 5.69 Å². The van der Waals surface area contributed by atoms with Crippen molar-refractivity contribution in [1.29, 1.82) is 5.26 Å². The molecule has 1 aromatic heterocycles. The number of thiol groups is 1. The molecule has 1 amide bonds. The number of anilines is 1. The smallest absolute Gasteiger partial charge is 0.266 e. The Balaban J connectivity index is 1.75. The Kier molecular flexibility index (Phi) is 5.66. The molecule has 1 aliphatic rings. The number of hydrogen-bond acceptors (Lipinski definition) is 5. The normalized spacial score (nSPS) is 15.7. The minimum Gasteiger partial charge on any atom is -0.327 e. The number of hydrogen-bond donors (Lipinski definition) is 2. The highest BCUT2D eigenvalue weighted by atomic mass is 32.1. The first-order chi connectivity index (χ1) is 16.6. The number of rotatable bonds is 4. The summed E-state index contributed by atoms with van der Waals surface area (Å²) in [7, 11) is 0. The Morgan fingerprint density at radius 2 is 1.62 bits per heavy atom. The third-order valence-electron chi connectivity index (χ3n) is 5.80. The van der Waals surface area contributed by atoms with Gasteiger partial charge in [-0.2, -0.15) is 10.4 Å². The molecule has 0 saturated carbocycles. The maximum absolute atomic E-state index is 12.9. The van der Waals surface area contributed by atoms with Gasteiger partial charge < -0.3 is 10.2 Å². The summed E-state index contributed by atoms with van der Waals surface area (Å²) in [6.45, 7) is 1.99. The quantitative estimate of drug-likeness (QED) is 0.411. The summed E-state index contributed by atoms with van der Waals surface area (Å²) >= 11 is 4.65. The number of nitrogens with one attached hydrogen (secondary N) is 1. The van der Waals surface area contributed by atoms with E-state index >= 15 is 0 Å². The number of carbonyl (C=O) groups excluding carboxylic acids is 1. The minimum atomic E-state index is -0.620. The SMILES string of the molecule is Cc1ccccc1N1C(S)=C(C#N)C(=O)NC1c1cn(-c2ccccc2)nc1-c1ccccc1. The lowest BCUT2D eigenvalue weighted by Gasteiger charge is -2.38. The lowest BCUT2D eigenvalue weighted by Crippen LogP contribution is -2.46. The molecule has 3 aromatic carbocycles. The first kappa shape index (κ1) is 21.6. The second-order valence-corrected chi connectivity index (χ2v) is 8.35. The van der Waals surface area contributed by atoms with E-state index in [9.17, 15) is 10.1 Å². The van der Waals surface area contributed by atoms with Crippen LogP contribution in [0.1, 0.15) is 17.3 Å². The van der Waals surface area contributed by atoms with Crippen LogP contribution in [0, 0.1) is 18.3 Å². The van der Waals surface area contributed by atoms with E-state index in [-0.39, 0.29) is 5.57 Å². The summed E-state index contributed by atoms with van der Waals surface area (Å²) in [6.07, 6.45) is 1.30. The topological polar surface area (TPSA) is 74.0 Å². The fourth-order valence-corrected chi connectivity index (χ4v) is 4.51. The highest BCUT2D eigenvalue weighted by Gasteiger charge is 2.37. The molecule has 0 fully saturated rings. The average Bonchev–Trinajstić information content (AvgIpc) is 3.31. The second kappa shape index (κ2) is 8.93. The molecule has 5 rings (SSSR count). The van der Waals surface area contributed by atoms with Gasteiger partial charge in [0.2, 0.25) is 0 Å². The predicted octanol–water partition coefficient (Wildman–Crippen LogP) is 5.15. The molecule has 166 valence electrons. The molecule has 0 bridgehead atoms. The number of aryl methyl sites for hydroxylation is 1. The standard InChI is InChI=1S/C27H21N5OS/c1-18-10-8-9-15-23(18)32-25(29-26(33)21(16-28)27(32)34)22-17-31(20-13-6-3-7-14-20)30-24(22)19-11-4-2-5-12-19/h2-15,17,25,34H,1H3,(H,29,33). The Hall–Kier alpha value is -4.28. The molecule has 4 aromatic rings. The largest absolute Gasteiger partial charge is 0.327 e. The van der Waals surface area contributed by atoms with Crippen LogP contribution in [0.5, 0.6) is 0 Å². The van der Waals surface area contributed by atoms with Gasteiger partial charge in [-0.1, -0.05) is 66.7 Å². The lowest BCUT2D eigenvalue weighted by molar-refractivity contribution is -0.118. The molecule has 0 radical (unpaired) electrons. The summed E-state index contributed by atoms with van der Waals surface area (Å²) in [5.74, 6) is -0.464. The molecule has 7 heteroatoms. The monoisotopic (exact) mass is 463 g/mol. The van der Waals surface area contributed by atoms with Crippen LogP contribution in [0.2, 0.25) is 0 Å². The lowest BCUT2D eigenvalue weighted by atomic mass is 10.0. The van der Waals surface area contributed by atoms with Gasteiger partial charge in [-0.3, -0.25) is 4.79 Å². The maximum atomic E-state index is 12.9. The molecule has 1 atom stereocenters. The highest BCUT2D eigenvalue weighted by molar-refractivity contribution is 7.84. The van der Waals surface area contributed by atoms with Crippen LogP contribution in [0.15, 0.2) is 102 Å². The van der Waals surface area contributed by atoms with Crippen LogP contribution in [0.25, 0.3) is 16.9 Å². The predicted molar refractivity (Wildman–Crippen MR) is 135 cm³/mol. The fraction of sp³-hybridized carbons (Fsp3) is 0.0741. The first-order valence-electron chi connectivity index (χ1n) is 10.8. The van der Waals surface area contributed by atoms with E-state index in [0.717, 1.165) is 33.8 Å². The zero-order valence-electron chi connectivity index (χ0n) is 18.4. The Bertz CT molecular complexity index is 1440. The van der Waals surface area contributed by atoms with Crippen molar-refractivity contribution in [3.63, 3.8) is 0 Å². The van der Waals surface area contributed by atoms with E-state index in [1.54, 1.807) is 0 Å². The van der Waals surface area contributed by atoms with Crippen LogP contribution < -0.4 is 10.2 Å². The Labute approximate surface area is 203 Å². The summed E-state index contributed by atoms with van der Waals surface area (Å²) in [5, 5.41) is 17.9. The van der Waals surface area contributed by atoms with E-state index in [1.165, 1.54) is 0 Å². The second-order valence-electron chi connectivity index (χ2n) is 7.92. The van der Waals surface area contributed by atoms with Gasteiger partial charge >= 0.3 is 0 Å². The number of amides is 1. The van der Waals surface area contributed by atoms with E-state index < -0.39 is 12.1 Å². The van der Waals surface area contributed by atoms with Crippen molar-refractivity contribution < 1.29 is 4.79 Å². The van der Waals surface area contributed by atoms with Crippen molar-refractivity contribution in [2.24, 2.45) is 0 Å². The van der Waals surface area contributed by atoms with Crippen molar-refractivity contribution in [1.82, 2.24) is 15.1 Å². The number of nitrogens with zero attached hydrogens (tertiary/aromatic N) is 4. The van der Waals surface area contributed by atoms with Gasteiger partial charge in [0.25, 0.3) is 5.91 Å². The number of carbonyl (C=O) groups is 1. The molecule has 1 unspecified atom stereocenters. The molecule has 2 heterocycles. The molecule has 6 nitrogen and oxygen atoms in total. The summed E-state index contributed by atoms with van der Waals surface area (Å²) < 4.78 is 1.81. The zero-order chi connectivity index (χ0) is 23.7. The Morgan fingerprint density at radius 3 is 2.29 bits per heavy atom. The number of benzene rings is 3. The molecular formula is C27H21N5OS. The summed E-state index contributed by atoms with van der Waals surface area (Å²) in [5.41, 5.74) is 5.14. The van der Waals surface area contributed by atoms with Crippen LogP contribution in [0.3, 0.4) is 0 Å². The zero-order valence-corrected chi connectivity index (χ0v) is 19.3. The molecular weight excluding hydrogens is 442 g/mol. The van der Waals surface area contributed by atoms with Gasteiger partial charge in [0, 0.05) is 23.0 Å². The van der Waals surface area contributed by atoms with Crippen LogP contribution >= 0.6 is 12.6 Å². The average molecular weight is 464 g/mol. The minimum absolute atomic E-state index is 0.0282. The van der Waals surface area contributed by atoms with Gasteiger partial charge in [0.15, 0.2) is 0 Å². The van der Waals surface area contributed by atoms with Gasteiger partial charge in [-0.15, -0.1) is 12.6 Å². The number of nitriles is 1. The fourth-order valence-electron chi connectivity index (χ4n) is 4.13. The van der Waals surface area contributed by atoms with E-state index in [4.69, 9.17) is 5.10 Å². The highest BCUT2D eigenvalue weighted by Crippen LogP contribution is 2.40. The third-order valence-corrected chi connectivity index (χ3v) is 6.24. The Morgan fingerprint density at radius 1 is 0.971 bits per heavy atom. The molecule has 0 aliphatic carbocycles. The van der Waals surface area contributed by atoms with E-state index in [0.29, 0.717) is 5.03 Å². The molecule has 0 spiro atoms.